The van der Waals surface area contributed by atoms with Gasteiger partial charge >= 0.3 is 17.9 Å². The van der Waals surface area contributed by atoms with Gasteiger partial charge in [0.25, 0.3) is 5.56 Å². The van der Waals surface area contributed by atoms with Crippen LogP contribution >= 0.6 is 11.8 Å². The van der Waals surface area contributed by atoms with Crippen LogP contribution in [-0.2, 0) is 25.7 Å². The van der Waals surface area contributed by atoms with Crippen LogP contribution in [0.25, 0.3) is 11.0 Å². The Morgan fingerprint density at radius 1 is 1.23 bits per heavy atom. The molecule has 2 aliphatic rings. The Labute approximate surface area is 201 Å². The predicted molar refractivity (Wildman–Crippen MR) is 120 cm³/mol. The Hall–Kier alpha value is -3.81. The summed E-state index contributed by atoms with van der Waals surface area (Å²) in [4.78, 5) is 74.9. The fourth-order valence-corrected chi connectivity index (χ4v) is 5.75. The van der Waals surface area contributed by atoms with E-state index in [1.165, 1.54) is 34.9 Å². The first-order valence-electron chi connectivity index (χ1n) is 10.5. The molecular formula is C21H21N3O10S. The lowest BCUT2D eigenvalue weighted by atomic mass is 9.96. The minimum Gasteiger partial charge on any atom is -0.480 e. The number of carboxylic acids is 1. The average Bonchev–Trinajstić information content (AvgIpc) is 3.03. The molecule has 2 N–H and O–H groups in total. The number of ether oxygens (including phenoxy) is 2. The Morgan fingerprint density at radius 3 is 2.60 bits per heavy atom. The molecule has 0 saturated carbocycles. The SMILES string of the molecule is CCOC(=O)Oc1cccc2c(=O)n(CC(=O)NC3C(=O)N4C3SC(C)(C)C4C(=O)O)c(=O)oc12. The summed E-state index contributed by atoms with van der Waals surface area (Å²) >= 11 is 1.24. The zero-order chi connectivity index (χ0) is 25.7. The first kappa shape index (κ1) is 24.3. The highest BCUT2D eigenvalue weighted by Crippen LogP contribution is 2.50. The number of hydrogen-bond donors (Lipinski definition) is 2. The number of carbonyl (C=O) groups excluding carboxylic acids is 3. The van der Waals surface area contributed by atoms with Gasteiger partial charge in [-0.1, -0.05) is 6.07 Å². The van der Waals surface area contributed by atoms with Crippen molar-refractivity contribution in [2.24, 2.45) is 0 Å². The smallest absolute Gasteiger partial charge is 0.480 e. The molecule has 2 fully saturated rings. The van der Waals surface area contributed by atoms with E-state index in [0.717, 1.165) is 0 Å². The van der Waals surface area contributed by atoms with Crippen molar-refractivity contribution in [3.05, 3.63) is 39.1 Å². The van der Waals surface area contributed by atoms with E-state index in [4.69, 9.17) is 9.15 Å². The van der Waals surface area contributed by atoms with E-state index in [9.17, 15) is 33.9 Å². The van der Waals surface area contributed by atoms with Crippen LogP contribution < -0.4 is 21.4 Å². The van der Waals surface area contributed by atoms with Crippen molar-refractivity contribution in [3.8, 4) is 5.75 Å². The fourth-order valence-electron chi connectivity index (χ4n) is 4.12. The van der Waals surface area contributed by atoms with E-state index in [1.54, 1.807) is 20.8 Å². The summed E-state index contributed by atoms with van der Waals surface area (Å²) in [5, 5.41) is 11.2. The summed E-state index contributed by atoms with van der Waals surface area (Å²) in [6.45, 7) is 4.26. The van der Waals surface area contributed by atoms with Crippen molar-refractivity contribution in [1.82, 2.24) is 14.8 Å². The third-order valence-corrected chi connectivity index (χ3v) is 7.18. The number of aromatic nitrogens is 1. The number of aliphatic carboxylic acids is 1. The second-order valence-corrected chi connectivity index (χ2v) is 10.1. The highest BCUT2D eigenvalue weighted by Gasteiger charge is 2.64. The maximum absolute atomic E-state index is 12.9. The standard InChI is InChI=1S/C21H21N3O10S/c1-4-32-20(31)33-10-7-5-6-9-13(10)34-19(30)23(15(9)26)8-11(25)22-12-16(27)24-14(18(28)29)21(2,3)35-17(12)24/h5-7,12,14,17H,4,8H2,1-3H3,(H,22,25)(H,28,29). The first-order valence-corrected chi connectivity index (χ1v) is 11.4. The van der Waals surface area contributed by atoms with Crippen LogP contribution in [0.1, 0.15) is 20.8 Å². The number of β-lactam (4-membered cyclic amide) rings is 1. The zero-order valence-electron chi connectivity index (χ0n) is 18.8. The number of hydrogen-bond acceptors (Lipinski definition) is 10. The maximum Gasteiger partial charge on any atom is 0.513 e. The molecule has 0 radical (unpaired) electrons. The van der Waals surface area contributed by atoms with E-state index in [0.29, 0.717) is 4.57 Å². The molecule has 2 saturated heterocycles. The molecule has 14 heteroatoms. The van der Waals surface area contributed by atoms with Crippen molar-refractivity contribution in [2.45, 2.75) is 49.5 Å². The molecule has 1 aromatic carbocycles. The molecule has 2 amide bonds. The Bertz CT molecular complexity index is 1360. The summed E-state index contributed by atoms with van der Waals surface area (Å²) in [5.41, 5.74) is -1.16. The van der Waals surface area contributed by atoms with Crippen LogP contribution in [-0.4, -0.2) is 67.3 Å². The Kier molecular flexibility index (Phi) is 6.09. The van der Waals surface area contributed by atoms with E-state index in [-0.39, 0.29) is 23.3 Å². The highest BCUT2D eigenvalue weighted by atomic mass is 32.2. The summed E-state index contributed by atoms with van der Waals surface area (Å²) in [5.74, 6) is -3.91. The molecule has 186 valence electrons. The van der Waals surface area contributed by atoms with Gasteiger partial charge in [0.1, 0.15) is 24.0 Å². The molecular weight excluding hydrogens is 486 g/mol. The quantitative estimate of drug-likeness (QED) is 0.309. The van der Waals surface area contributed by atoms with Crippen molar-refractivity contribution in [2.75, 3.05) is 6.61 Å². The van der Waals surface area contributed by atoms with Crippen LogP contribution in [0.4, 0.5) is 4.79 Å². The number of benzene rings is 1. The second kappa shape index (κ2) is 8.76. The lowest BCUT2D eigenvalue weighted by molar-refractivity contribution is -0.161. The van der Waals surface area contributed by atoms with Gasteiger partial charge in [-0.15, -0.1) is 11.8 Å². The number of carboxylic acid groups (broad SMARTS) is 1. The van der Waals surface area contributed by atoms with Gasteiger partial charge in [0.2, 0.25) is 11.8 Å². The number of carbonyl (C=O) groups is 4. The van der Waals surface area contributed by atoms with Gasteiger partial charge in [0, 0.05) is 4.75 Å². The fraction of sp³-hybridized carbons (Fsp3) is 0.429. The van der Waals surface area contributed by atoms with E-state index >= 15 is 0 Å². The second-order valence-electron chi connectivity index (χ2n) is 8.32. The van der Waals surface area contributed by atoms with Crippen molar-refractivity contribution in [3.63, 3.8) is 0 Å². The van der Waals surface area contributed by atoms with Gasteiger partial charge in [-0.25, -0.2) is 19.0 Å². The van der Waals surface area contributed by atoms with E-state index in [2.05, 4.69) is 10.1 Å². The molecule has 0 aliphatic carbocycles. The lowest BCUT2D eigenvalue weighted by Gasteiger charge is -2.43. The summed E-state index contributed by atoms with van der Waals surface area (Å²) in [6.07, 6.45) is -1.05. The number of nitrogens with one attached hydrogen (secondary N) is 1. The monoisotopic (exact) mass is 507 g/mol. The average molecular weight is 507 g/mol. The summed E-state index contributed by atoms with van der Waals surface area (Å²) < 4.78 is 14.5. The summed E-state index contributed by atoms with van der Waals surface area (Å²) in [7, 11) is 0. The summed E-state index contributed by atoms with van der Waals surface area (Å²) in [6, 6.07) is 1.98. The molecule has 0 bridgehead atoms. The molecule has 35 heavy (non-hydrogen) atoms. The number of rotatable bonds is 6. The maximum atomic E-state index is 12.9. The number of para-hydroxylation sites is 1. The first-order chi connectivity index (χ1) is 16.5. The van der Waals surface area contributed by atoms with E-state index < -0.39 is 64.0 Å². The zero-order valence-corrected chi connectivity index (χ0v) is 19.6. The van der Waals surface area contributed by atoms with Gasteiger partial charge in [-0.05, 0) is 32.9 Å². The molecule has 13 nitrogen and oxygen atoms in total. The van der Waals surface area contributed by atoms with Gasteiger partial charge < -0.3 is 29.2 Å². The van der Waals surface area contributed by atoms with Crippen molar-refractivity contribution in [1.29, 1.82) is 0 Å². The van der Waals surface area contributed by atoms with Crippen LogP contribution in [0.2, 0.25) is 0 Å². The largest absolute Gasteiger partial charge is 0.513 e. The van der Waals surface area contributed by atoms with Gasteiger partial charge in [0.05, 0.1) is 12.0 Å². The minimum absolute atomic E-state index is 0.0462. The van der Waals surface area contributed by atoms with Crippen molar-refractivity contribution < 1.29 is 38.2 Å². The Balaban J connectivity index is 1.54. The van der Waals surface area contributed by atoms with Gasteiger partial charge in [-0.3, -0.25) is 14.4 Å². The number of fused-ring (bicyclic) bond motifs is 2. The topological polar surface area (TPSA) is 174 Å². The predicted octanol–water partition coefficient (Wildman–Crippen LogP) is 0.122. The number of thioether (sulfide) groups is 1. The lowest BCUT2D eigenvalue weighted by Crippen LogP contribution is -2.70. The van der Waals surface area contributed by atoms with Crippen LogP contribution in [0, 0.1) is 0 Å². The molecule has 4 rings (SSSR count). The normalized spacial score (nSPS) is 22.3. The molecule has 3 heterocycles. The van der Waals surface area contributed by atoms with Crippen LogP contribution in [0.15, 0.2) is 32.2 Å². The third kappa shape index (κ3) is 4.13. The molecule has 3 unspecified atom stereocenters. The molecule has 2 aliphatic heterocycles. The molecule has 2 aromatic rings. The molecule has 1 aromatic heterocycles. The van der Waals surface area contributed by atoms with Crippen molar-refractivity contribution >= 4 is 46.7 Å². The Morgan fingerprint density at radius 2 is 1.94 bits per heavy atom. The van der Waals surface area contributed by atoms with Gasteiger partial charge in [-0.2, -0.15) is 0 Å². The molecule has 3 atom stereocenters. The minimum atomic E-state index is -1.18. The number of nitrogens with zero attached hydrogens (tertiary/aromatic N) is 2. The number of amides is 2. The van der Waals surface area contributed by atoms with Crippen LogP contribution in [0.3, 0.4) is 0 Å². The van der Waals surface area contributed by atoms with E-state index in [1.807, 2.05) is 0 Å². The van der Waals surface area contributed by atoms with Gasteiger partial charge in [0.15, 0.2) is 11.3 Å². The third-order valence-electron chi connectivity index (χ3n) is 5.61. The van der Waals surface area contributed by atoms with Crippen LogP contribution in [0.5, 0.6) is 5.75 Å². The highest BCUT2D eigenvalue weighted by molar-refractivity contribution is 8.01. The molecule has 0 spiro atoms.